The molecule has 0 radical (unpaired) electrons. The van der Waals surface area contributed by atoms with Gasteiger partial charge in [-0.05, 0) is 19.9 Å². The standard InChI is InChI=1S/C17H19NO2S3/c1-9(2)15(19)18-13-10(7-6-8-11(13)20-5)12-14(17(18,3)4)22-23-16(12)21/h6-9H,1-5H3. The Morgan fingerprint density at radius 3 is 2.61 bits per heavy atom. The number of carbonyl (C=O) groups excluding carboxylic acids is 1. The number of nitrogens with zero attached hydrogens (tertiary/aromatic N) is 1. The maximum atomic E-state index is 13.0. The minimum atomic E-state index is -0.448. The lowest BCUT2D eigenvalue weighted by Crippen LogP contribution is -2.49. The van der Waals surface area contributed by atoms with E-state index in [2.05, 4.69) is 13.8 Å². The van der Waals surface area contributed by atoms with E-state index in [1.165, 1.54) is 0 Å². The van der Waals surface area contributed by atoms with Gasteiger partial charge in [-0.1, -0.05) is 58.9 Å². The van der Waals surface area contributed by atoms with Crippen molar-refractivity contribution in [3.8, 4) is 16.9 Å². The van der Waals surface area contributed by atoms with Crippen LogP contribution in [0.5, 0.6) is 5.75 Å². The Morgan fingerprint density at radius 2 is 2.00 bits per heavy atom. The summed E-state index contributed by atoms with van der Waals surface area (Å²) in [4.78, 5) is 16.1. The summed E-state index contributed by atoms with van der Waals surface area (Å²) >= 11 is 5.57. The zero-order valence-corrected chi connectivity index (χ0v) is 16.2. The Kier molecular flexibility index (Phi) is 4.11. The number of para-hydroxylation sites is 1. The molecule has 23 heavy (non-hydrogen) atoms. The van der Waals surface area contributed by atoms with E-state index < -0.39 is 5.54 Å². The number of rotatable bonds is 2. The van der Waals surface area contributed by atoms with Crippen LogP contribution in [0.15, 0.2) is 18.2 Å². The number of fused-ring (bicyclic) bond motifs is 3. The molecule has 0 fully saturated rings. The number of methoxy groups -OCH3 is 1. The van der Waals surface area contributed by atoms with Crippen molar-refractivity contribution < 1.29 is 9.53 Å². The van der Waals surface area contributed by atoms with Gasteiger partial charge < -0.3 is 4.74 Å². The Morgan fingerprint density at radius 1 is 1.30 bits per heavy atom. The van der Waals surface area contributed by atoms with Crippen molar-refractivity contribution in [1.29, 1.82) is 0 Å². The molecule has 2 aromatic rings. The van der Waals surface area contributed by atoms with Crippen molar-refractivity contribution in [1.82, 2.24) is 0 Å². The molecule has 1 aliphatic rings. The smallest absolute Gasteiger partial charge is 0.230 e. The summed E-state index contributed by atoms with van der Waals surface area (Å²) in [7, 11) is 4.91. The minimum Gasteiger partial charge on any atom is -0.495 e. The third-order valence-corrected chi connectivity index (χ3v) is 7.50. The van der Waals surface area contributed by atoms with Crippen molar-refractivity contribution >= 4 is 44.5 Å². The van der Waals surface area contributed by atoms with Gasteiger partial charge in [-0.25, -0.2) is 0 Å². The molecule has 1 aliphatic heterocycles. The molecule has 2 heterocycles. The fourth-order valence-corrected chi connectivity index (χ4v) is 6.32. The van der Waals surface area contributed by atoms with Gasteiger partial charge in [-0.2, -0.15) is 0 Å². The molecule has 0 spiro atoms. The van der Waals surface area contributed by atoms with Gasteiger partial charge in [0.25, 0.3) is 0 Å². The van der Waals surface area contributed by atoms with Crippen LogP contribution in [0.3, 0.4) is 0 Å². The molecule has 0 bridgehead atoms. The second-order valence-corrected chi connectivity index (χ2v) is 9.22. The second kappa shape index (κ2) is 5.69. The summed E-state index contributed by atoms with van der Waals surface area (Å²) in [6, 6.07) is 5.88. The van der Waals surface area contributed by atoms with Crippen molar-refractivity contribution in [2.75, 3.05) is 12.0 Å². The van der Waals surface area contributed by atoms with Gasteiger partial charge in [-0.3, -0.25) is 9.69 Å². The maximum Gasteiger partial charge on any atom is 0.230 e. The average molecular weight is 366 g/mol. The summed E-state index contributed by atoms with van der Waals surface area (Å²) in [6.45, 7) is 8.02. The molecule has 0 N–H and O–H groups in total. The van der Waals surface area contributed by atoms with Crippen LogP contribution in [0.4, 0.5) is 5.69 Å². The van der Waals surface area contributed by atoms with E-state index in [9.17, 15) is 4.79 Å². The van der Waals surface area contributed by atoms with Crippen LogP contribution in [-0.4, -0.2) is 13.0 Å². The van der Waals surface area contributed by atoms with Crippen molar-refractivity contribution in [3.05, 3.63) is 26.9 Å². The Bertz CT molecular complexity index is 833. The van der Waals surface area contributed by atoms with Crippen LogP contribution in [0.2, 0.25) is 0 Å². The summed E-state index contributed by atoms with van der Waals surface area (Å²) in [5.74, 6) is 0.705. The first-order chi connectivity index (χ1) is 10.8. The summed E-state index contributed by atoms with van der Waals surface area (Å²) in [5.41, 5.74) is 2.47. The monoisotopic (exact) mass is 365 g/mol. The SMILES string of the molecule is COc1cccc2c1N(C(=O)C(C)C)C(C)(C)c1ssc(=S)c1-2. The van der Waals surface area contributed by atoms with E-state index in [1.807, 2.05) is 36.9 Å². The fraction of sp³-hybridized carbons (Fsp3) is 0.412. The largest absolute Gasteiger partial charge is 0.495 e. The van der Waals surface area contributed by atoms with E-state index in [1.54, 1.807) is 27.8 Å². The first kappa shape index (κ1) is 16.6. The summed E-state index contributed by atoms with van der Waals surface area (Å²) in [6.07, 6.45) is 0. The molecule has 3 nitrogen and oxygen atoms in total. The zero-order chi connectivity index (χ0) is 16.9. The van der Waals surface area contributed by atoms with Gasteiger partial charge in [-0.15, -0.1) is 0 Å². The van der Waals surface area contributed by atoms with Crippen LogP contribution in [0.25, 0.3) is 11.1 Å². The van der Waals surface area contributed by atoms with Crippen LogP contribution < -0.4 is 9.64 Å². The van der Waals surface area contributed by atoms with Gasteiger partial charge in [0.2, 0.25) is 5.91 Å². The molecular weight excluding hydrogens is 346 g/mol. The highest BCUT2D eigenvalue weighted by Gasteiger charge is 2.44. The average Bonchev–Trinajstić information content (AvgIpc) is 2.89. The first-order valence-electron chi connectivity index (χ1n) is 7.45. The maximum absolute atomic E-state index is 13.0. The normalized spacial score (nSPS) is 15.3. The number of hydrogen-bond donors (Lipinski definition) is 0. The van der Waals surface area contributed by atoms with Gasteiger partial charge in [0.05, 0.1) is 23.2 Å². The van der Waals surface area contributed by atoms with E-state index >= 15 is 0 Å². The van der Waals surface area contributed by atoms with Gasteiger partial charge in [0.15, 0.2) is 0 Å². The summed E-state index contributed by atoms with van der Waals surface area (Å²) < 4.78 is 6.46. The quantitative estimate of drug-likeness (QED) is 0.523. The predicted octanol–water partition coefficient (Wildman–Crippen LogP) is 5.45. The molecule has 0 unspecified atom stereocenters. The molecule has 0 saturated heterocycles. The number of benzene rings is 1. The Hall–Kier alpha value is -1.24. The predicted molar refractivity (Wildman–Crippen MR) is 100 cm³/mol. The molecule has 122 valence electrons. The molecule has 0 saturated carbocycles. The molecule has 1 amide bonds. The Balaban J connectivity index is 2.41. The van der Waals surface area contributed by atoms with E-state index in [0.29, 0.717) is 5.75 Å². The van der Waals surface area contributed by atoms with Crippen molar-refractivity contribution in [2.45, 2.75) is 33.2 Å². The lowest BCUT2D eigenvalue weighted by molar-refractivity contribution is -0.122. The third-order valence-electron chi connectivity index (χ3n) is 4.17. The van der Waals surface area contributed by atoms with Crippen LogP contribution >= 0.6 is 32.9 Å². The summed E-state index contributed by atoms with van der Waals surface area (Å²) in [5, 5.41) is 0. The number of amides is 1. The topological polar surface area (TPSA) is 29.5 Å². The van der Waals surface area contributed by atoms with Crippen molar-refractivity contribution in [2.24, 2.45) is 5.92 Å². The lowest BCUT2D eigenvalue weighted by Gasteiger charge is -2.44. The third kappa shape index (κ3) is 2.35. The van der Waals surface area contributed by atoms with Crippen LogP contribution in [0, 0.1) is 9.74 Å². The molecule has 0 atom stereocenters. The second-order valence-electron chi connectivity index (χ2n) is 6.40. The number of carbonyl (C=O) groups is 1. The minimum absolute atomic E-state index is 0.0933. The Labute approximate surface area is 148 Å². The van der Waals surface area contributed by atoms with Gasteiger partial charge >= 0.3 is 0 Å². The molecule has 3 rings (SSSR count). The lowest BCUT2D eigenvalue weighted by atomic mass is 9.86. The van der Waals surface area contributed by atoms with Crippen molar-refractivity contribution in [3.63, 3.8) is 0 Å². The van der Waals surface area contributed by atoms with E-state index in [0.717, 1.165) is 25.5 Å². The highest BCUT2D eigenvalue weighted by atomic mass is 32.9. The van der Waals surface area contributed by atoms with Gasteiger partial charge in [0.1, 0.15) is 9.57 Å². The number of anilines is 1. The van der Waals surface area contributed by atoms with Crippen LogP contribution in [0.1, 0.15) is 32.6 Å². The molecule has 6 heteroatoms. The fourth-order valence-electron chi connectivity index (χ4n) is 3.04. The van der Waals surface area contributed by atoms with Gasteiger partial charge in [0, 0.05) is 17.0 Å². The highest BCUT2D eigenvalue weighted by molar-refractivity contribution is 7.80. The molecule has 0 aliphatic carbocycles. The zero-order valence-electron chi connectivity index (χ0n) is 13.8. The molecule has 1 aromatic carbocycles. The van der Waals surface area contributed by atoms with E-state index in [4.69, 9.17) is 17.0 Å². The van der Waals surface area contributed by atoms with E-state index in [-0.39, 0.29) is 11.8 Å². The first-order valence-corrected chi connectivity index (χ1v) is 10.0. The molecule has 1 aromatic heterocycles. The number of hydrogen-bond acceptors (Lipinski definition) is 5. The van der Waals surface area contributed by atoms with Crippen LogP contribution in [-0.2, 0) is 10.3 Å². The highest BCUT2D eigenvalue weighted by Crippen LogP contribution is 2.55. The number of ether oxygens (including phenoxy) is 1. The molecular formula is C17H19NO2S3.